The van der Waals surface area contributed by atoms with Gasteiger partial charge in [0.2, 0.25) is 10.0 Å². The minimum absolute atomic E-state index is 0.0617. The second-order valence-corrected chi connectivity index (χ2v) is 13.7. The number of nitrogens with zero attached hydrogens (tertiary/aromatic N) is 2. The van der Waals surface area contributed by atoms with Crippen LogP contribution in [0.4, 0.5) is 5.69 Å². The van der Waals surface area contributed by atoms with E-state index in [1.165, 1.54) is 15.3 Å². The highest BCUT2D eigenvalue weighted by Crippen LogP contribution is 2.36. The fourth-order valence-corrected chi connectivity index (χ4v) is 7.10. The standard InChI is InChI=1S/C36H34Cl2N2O7S/c1-5-45-28-13-11-27(12-14-28)40-24(4)34(36(42)46-6-2)32(35(40)41)20-29-15-16-30(47-29)22-39(21-25-9-10-26(37)19-33(25)38)48(43,44)31-17-7-23(3)8-18-31/h7-20H,5-6,21-22H2,1-4H3/b32-20+. The molecule has 4 aromatic rings. The molecule has 0 atom stereocenters. The Morgan fingerprint density at radius 1 is 0.917 bits per heavy atom. The van der Waals surface area contributed by atoms with Gasteiger partial charge in [-0.2, -0.15) is 4.31 Å². The molecule has 9 nitrogen and oxygen atoms in total. The minimum atomic E-state index is -4.01. The number of anilines is 1. The minimum Gasteiger partial charge on any atom is -0.494 e. The maximum atomic E-state index is 13.9. The number of ether oxygens (including phenoxy) is 2. The Bertz CT molecular complexity index is 2000. The fourth-order valence-electron chi connectivity index (χ4n) is 5.25. The summed E-state index contributed by atoms with van der Waals surface area (Å²) < 4.78 is 45.9. The summed E-state index contributed by atoms with van der Waals surface area (Å²) in [6, 6.07) is 21.6. The normalized spacial score (nSPS) is 14.4. The summed E-state index contributed by atoms with van der Waals surface area (Å²) in [6.45, 7) is 7.51. The van der Waals surface area contributed by atoms with E-state index in [9.17, 15) is 18.0 Å². The van der Waals surface area contributed by atoms with E-state index >= 15 is 0 Å². The first kappa shape index (κ1) is 35.0. The highest BCUT2D eigenvalue weighted by molar-refractivity contribution is 7.89. The molecule has 0 saturated heterocycles. The molecular formula is C36H34Cl2N2O7S. The van der Waals surface area contributed by atoms with E-state index in [2.05, 4.69) is 0 Å². The van der Waals surface area contributed by atoms with Gasteiger partial charge in [-0.3, -0.25) is 9.69 Å². The van der Waals surface area contributed by atoms with E-state index < -0.39 is 21.9 Å². The summed E-state index contributed by atoms with van der Waals surface area (Å²) in [5.41, 5.74) is 2.60. The van der Waals surface area contributed by atoms with Crippen LogP contribution in [0.25, 0.3) is 6.08 Å². The van der Waals surface area contributed by atoms with Crippen LogP contribution in [0.15, 0.2) is 105 Å². The average molecular weight is 710 g/mol. The smallest absolute Gasteiger partial charge is 0.340 e. The lowest BCUT2D eigenvalue weighted by atomic mass is 10.1. The third-order valence-corrected chi connectivity index (χ3v) is 10.0. The van der Waals surface area contributed by atoms with Crippen molar-refractivity contribution in [3.05, 3.63) is 128 Å². The number of aryl methyl sites for hydroxylation is 1. The van der Waals surface area contributed by atoms with Crippen LogP contribution >= 0.6 is 23.2 Å². The summed E-state index contributed by atoms with van der Waals surface area (Å²) in [7, 11) is -4.01. The van der Waals surface area contributed by atoms with E-state index in [4.69, 9.17) is 37.1 Å². The first-order valence-corrected chi connectivity index (χ1v) is 17.4. The number of benzene rings is 3. The van der Waals surface area contributed by atoms with Gasteiger partial charge in [-0.15, -0.1) is 0 Å². The van der Waals surface area contributed by atoms with Gasteiger partial charge < -0.3 is 13.9 Å². The maximum absolute atomic E-state index is 13.9. The zero-order chi connectivity index (χ0) is 34.6. The van der Waals surface area contributed by atoms with Gasteiger partial charge in [-0.1, -0.05) is 47.0 Å². The van der Waals surface area contributed by atoms with Gasteiger partial charge in [-0.25, -0.2) is 13.2 Å². The molecule has 0 N–H and O–H groups in total. The SMILES string of the molecule is CCOC(=O)C1=C(C)N(c2ccc(OCC)cc2)C(=O)/C1=C/c1ccc(CN(Cc2ccc(Cl)cc2Cl)S(=O)(=O)c2ccc(C)cc2)o1. The molecule has 1 aliphatic rings. The zero-order valence-electron chi connectivity index (χ0n) is 26.8. The number of carbonyl (C=O) groups is 2. The third kappa shape index (κ3) is 7.52. The number of furan rings is 1. The van der Waals surface area contributed by atoms with E-state index in [0.29, 0.717) is 45.1 Å². The topological polar surface area (TPSA) is 106 Å². The molecule has 48 heavy (non-hydrogen) atoms. The molecule has 1 amide bonds. The molecule has 0 aliphatic carbocycles. The Morgan fingerprint density at radius 2 is 1.62 bits per heavy atom. The Balaban J connectivity index is 1.49. The molecule has 0 radical (unpaired) electrons. The van der Waals surface area contributed by atoms with Gasteiger partial charge in [0, 0.05) is 28.0 Å². The molecule has 5 rings (SSSR count). The Labute approximate surface area is 290 Å². The van der Waals surface area contributed by atoms with E-state index in [0.717, 1.165) is 5.56 Å². The molecule has 0 unspecified atom stereocenters. The lowest BCUT2D eigenvalue weighted by molar-refractivity contribution is -0.138. The first-order chi connectivity index (χ1) is 22.9. The number of esters is 1. The number of amides is 1. The maximum Gasteiger partial charge on any atom is 0.340 e. The van der Waals surface area contributed by atoms with Gasteiger partial charge in [0.15, 0.2) is 0 Å². The molecule has 1 aromatic heterocycles. The number of sulfonamides is 1. The molecule has 0 fully saturated rings. The summed E-state index contributed by atoms with van der Waals surface area (Å²) >= 11 is 12.5. The molecule has 3 aromatic carbocycles. The zero-order valence-corrected chi connectivity index (χ0v) is 29.2. The van der Waals surface area contributed by atoms with Gasteiger partial charge in [-0.05, 0) is 100.0 Å². The number of hydrogen-bond donors (Lipinski definition) is 0. The first-order valence-electron chi connectivity index (χ1n) is 15.2. The summed E-state index contributed by atoms with van der Waals surface area (Å²) in [6.07, 6.45) is 1.46. The van der Waals surface area contributed by atoms with Gasteiger partial charge in [0.1, 0.15) is 17.3 Å². The van der Waals surface area contributed by atoms with Crippen molar-refractivity contribution in [3.8, 4) is 5.75 Å². The molecule has 0 spiro atoms. The van der Waals surface area contributed by atoms with Crippen LogP contribution in [0.5, 0.6) is 5.75 Å². The van der Waals surface area contributed by atoms with Gasteiger partial charge in [0.25, 0.3) is 5.91 Å². The van der Waals surface area contributed by atoms with Crippen molar-refractivity contribution < 1.29 is 31.9 Å². The molecular weight excluding hydrogens is 675 g/mol. The second kappa shape index (κ2) is 14.8. The number of rotatable bonds is 12. The van der Waals surface area contributed by atoms with Crippen molar-refractivity contribution >= 4 is 56.9 Å². The van der Waals surface area contributed by atoms with Crippen molar-refractivity contribution in [2.45, 2.75) is 45.7 Å². The van der Waals surface area contributed by atoms with Crippen LogP contribution in [0.2, 0.25) is 10.0 Å². The molecule has 0 bridgehead atoms. The second-order valence-electron chi connectivity index (χ2n) is 10.9. The number of hydrogen-bond acceptors (Lipinski definition) is 7. The number of halogens is 2. The van der Waals surface area contributed by atoms with Crippen molar-refractivity contribution in [2.75, 3.05) is 18.1 Å². The Kier molecular flexibility index (Phi) is 10.8. The monoisotopic (exact) mass is 708 g/mol. The fraction of sp³-hybridized carbons (Fsp3) is 0.222. The van der Waals surface area contributed by atoms with E-state index in [-0.39, 0.29) is 41.5 Å². The Morgan fingerprint density at radius 3 is 2.27 bits per heavy atom. The van der Waals surface area contributed by atoms with Crippen molar-refractivity contribution in [1.29, 1.82) is 0 Å². The van der Waals surface area contributed by atoms with Crippen molar-refractivity contribution in [2.24, 2.45) is 0 Å². The van der Waals surface area contributed by atoms with Gasteiger partial charge in [0.05, 0.1) is 35.8 Å². The lowest BCUT2D eigenvalue weighted by Crippen LogP contribution is -2.30. The Hall–Kier alpha value is -4.35. The summed E-state index contributed by atoms with van der Waals surface area (Å²) in [4.78, 5) is 28.5. The highest BCUT2D eigenvalue weighted by Gasteiger charge is 2.38. The molecule has 12 heteroatoms. The third-order valence-electron chi connectivity index (χ3n) is 7.61. The van der Waals surface area contributed by atoms with E-state index in [1.807, 2.05) is 13.8 Å². The quantitative estimate of drug-likeness (QED) is 0.109. The average Bonchev–Trinajstić information content (AvgIpc) is 3.59. The molecule has 250 valence electrons. The highest BCUT2D eigenvalue weighted by atomic mass is 35.5. The lowest BCUT2D eigenvalue weighted by Gasteiger charge is -2.22. The largest absolute Gasteiger partial charge is 0.494 e. The molecule has 1 aliphatic heterocycles. The van der Waals surface area contributed by atoms with Crippen LogP contribution in [-0.4, -0.2) is 37.8 Å². The summed E-state index contributed by atoms with van der Waals surface area (Å²) in [5.74, 6) is 0.1000. The van der Waals surface area contributed by atoms with Crippen LogP contribution in [0.3, 0.4) is 0 Å². The predicted molar refractivity (Wildman–Crippen MR) is 185 cm³/mol. The van der Waals surface area contributed by atoms with Crippen molar-refractivity contribution in [3.63, 3.8) is 0 Å². The molecule has 0 saturated carbocycles. The number of allylic oxidation sites excluding steroid dienone is 1. The predicted octanol–water partition coefficient (Wildman–Crippen LogP) is 7.95. The van der Waals surface area contributed by atoms with Crippen LogP contribution in [0, 0.1) is 6.92 Å². The number of carbonyl (C=O) groups excluding carboxylic acids is 2. The van der Waals surface area contributed by atoms with Crippen LogP contribution in [0.1, 0.15) is 43.4 Å². The van der Waals surface area contributed by atoms with Crippen LogP contribution in [-0.2, 0) is 37.4 Å². The molecule has 2 heterocycles. The summed E-state index contributed by atoms with van der Waals surface area (Å²) in [5, 5.41) is 0.747. The van der Waals surface area contributed by atoms with Crippen molar-refractivity contribution in [1.82, 2.24) is 4.31 Å². The van der Waals surface area contributed by atoms with Crippen LogP contribution < -0.4 is 9.64 Å². The van der Waals surface area contributed by atoms with Gasteiger partial charge >= 0.3 is 5.97 Å². The van der Waals surface area contributed by atoms with E-state index in [1.54, 1.807) is 92.7 Å².